The van der Waals surface area contributed by atoms with Gasteiger partial charge in [0.2, 0.25) is 5.88 Å². The van der Waals surface area contributed by atoms with Gasteiger partial charge in [0.15, 0.2) is 0 Å². The number of anilines is 1. The number of nitrogens with two attached hydrogens (primary N) is 1. The highest BCUT2D eigenvalue weighted by Gasteiger charge is 2.04. The van der Waals surface area contributed by atoms with Gasteiger partial charge in [0.05, 0.1) is 23.1 Å². The van der Waals surface area contributed by atoms with Gasteiger partial charge in [-0.2, -0.15) is 0 Å². The third kappa shape index (κ3) is 2.41. The maximum absolute atomic E-state index is 5.96. The lowest BCUT2D eigenvalue weighted by Crippen LogP contribution is -1.92. The molecule has 0 aliphatic heterocycles. The largest absolute Gasteiger partial charge is 0.436 e. The number of nitrogen functional groups attached to an aromatic ring is 1. The van der Waals surface area contributed by atoms with Crippen LogP contribution in [0.4, 0.5) is 5.69 Å². The maximum Gasteiger partial charge on any atom is 0.237 e. The van der Waals surface area contributed by atoms with Crippen molar-refractivity contribution in [2.45, 2.75) is 6.92 Å². The van der Waals surface area contributed by atoms with Gasteiger partial charge in [0.1, 0.15) is 5.75 Å². The van der Waals surface area contributed by atoms with Crippen LogP contribution in [0, 0.1) is 6.92 Å². The van der Waals surface area contributed by atoms with E-state index in [1.807, 2.05) is 6.92 Å². The van der Waals surface area contributed by atoms with Crippen LogP contribution in [-0.4, -0.2) is 9.97 Å². The molecule has 0 fully saturated rings. The van der Waals surface area contributed by atoms with Crippen LogP contribution >= 0.6 is 11.6 Å². The van der Waals surface area contributed by atoms with Crippen molar-refractivity contribution in [1.29, 1.82) is 0 Å². The van der Waals surface area contributed by atoms with Crippen LogP contribution in [0.15, 0.2) is 30.6 Å². The first-order valence-electron chi connectivity index (χ1n) is 4.66. The van der Waals surface area contributed by atoms with E-state index < -0.39 is 0 Å². The zero-order valence-corrected chi connectivity index (χ0v) is 9.40. The van der Waals surface area contributed by atoms with Crippen LogP contribution in [-0.2, 0) is 0 Å². The number of halogens is 1. The number of benzene rings is 1. The zero-order valence-electron chi connectivity index (χ0n) is 8.64. The summed E-state index contributed by atoms with van der Waals surface area (Å²) in [7, 11) is 0. The highest BCUT2D eigenvalue weighted by Crippen LogP contribution is 2.29. The van der Waals surface area contributed by atoms with Crippen LogP contribution in [0.5, 0.6) is 11.6 Å². The molecule has 0 atom stereocenters. The molecular weight excluding hydrogens is 226 g/mol. The third-order valence-corrected chi connectivity index (χ3v) is 2.22. The van der Waals surface area contributed by atoms with Gasteiger partial charge in [-0.15, -0.1) is 0 Å². The Morgan fingerprint density at radius 1 is 1.25 bits per heavy atom. The molecule has 2 rings (SSSR count). The summed E-state index contributed by atoms with van der Waals surface area (Å²) < 4.78 is 5.46. The second-order valence-electron chi connectivity index (χ2n) is 3.29. The summed E-state index contributed by atoms with van der Waals surface area (Å²) in [4.78, 5) is 8.13. The van der Waals surface area contributed by atoms with E-state index in [0.29, 0.717) is 22.3 Å². The van der Waals surface area contributed by atoms with Gasteiger partial charge in [-0.3, -0.25) is 4.98 Å². The monoisotopic (exact) mass is 235 g/mol. The minimum atomic E-state index is 0.400. The van der Waals surface area contributed by atoms with Gasteiger partial charge < -0.3 is 10.5 Å². The first-order chi connectivity index (χ1) is 7.65. The Balaban J connectivity index is 2.23. The summed E-state index contributed by atoms with van der Waals surface area (Å²) in [5.41, 5.74) is 6.99. The van der Waals surface area contributed by atoms with Crippen molar-refractivity contribution < 1.29 is 4.74 Å². The first-order valence-corrected chi connectivity index (χ1v) is 5.04. The summed E-state index contributed by atoms with van der Waals surface area (Å²) in [5.74, 6) is 0.909. The van der Waals surface area contributed by atoms with E-state index in [9.17, 15) is 0 Å². The second-order valence-corrected chi connectivity index (χ2v) is 3.70. The van der Waals surface area contributed by atoms with E-state index >= 15 is 0 Å². The molecule has 5 heteroatoms. The minimum Gasteiger partial charge on any atom is -0.436 e. The quantitative estimate of drug-likeness (QED) is 0.813. The van der Waals surface area contributed by atoms with Crippen LogP contribution < -0.4 is 10.5 Å². The molecule has 4 nitrogen and oxygen atoms in total. The molecule has 0 spiro atoms. The molecule has 0 saturated carbocycles. The van der Waals surface area contributed by atoms with Gasteiger partial charge in [0, 0.05) is 5.69 Å². The summed E-state index contributed by atoms with van der Waals surface area (Å²) in [5, 5.41) is 0.447. The number of nitrogens with zero attached hydrogens (tertiary/aromatic N) is 2. The summed E-state index contributed by atoms with van der Waals surface area (Å²) in [6, 6.07) is 5.03. The molecule has 2 aromatic rings. The highest BCUT2D eigenvalue weighted by molar-refractivity contribution is 6.32. The van der Waals surface area contributed by atoms with E-state index in [-0.39, 0.29) is 0 Å². The lowest BCUT2D eigenvalue weighted by atomic mass is 10.3. The molecule has 0 amide bonds. The van der Waals surface area contributed by atoms with Crippen molar-refractivity contribution in [3.8, 4) is 11.6 Å². The van der Waals surface area contributed by atoms with Crippen LogP contribution in [0.1, 0.15) is 5.69 Å². The Hall–Kier alpha value is -1.81. The van der Waals surface area contributed by atoms with Crippen molar-refractivity contribution in [3.63, 3.8) is 0 Å². The standard InChI is InChI=1S/C11H10ClN3O/c1-7-5-15-11(6-14-7)16-10-3-2-8(13)4-9(10)12/h2-6H,13H2,1H3. The fourth-order valence-electron chi connectivity index (χ4n) is 1.15. The van der Waals surface area contributed by atoms with Crippen molar-refractivity contribution in [1.82, 2.24) is 9.97 Å². The fraction of sp³-hybridized carbons (Fsp3) is 0.0909. The van der Waals surface area contributed by atoms with Crippen LogP contribution in [0.3, 0.4) is 0 Å². The van der Waals surface area contributed by atoms with Gasteiger partial charge >= 0.3 is 0 Å². The van der Waals surface area contributed by atoms with E-state index in [2.05, 4.69) is 9.97 Å². The Labute approximate surface area is 98.0 Å². The Morgan fingerprint density at radius 3 is 2.69 bits per heavy atom. The molecule has 0 aliphatic rings. The van der Waals surface area contributed by atoms with Gasteiger partial charge in [-0.1, -0.05) is 11.6 Å². The molecule has 1 aromatic heterocycles. The van der Waals surface area contributed by atoms with Crippen molar-refractivity contribution in [3.05, 3.63) is 41.3 Å². The third-order valence-electron chi connectivity index (χ3n) is 1.93. The summed E-state index contributed by atoms with van der Waals surface area (Å²) in [6.07, 6.45) is 3.17. The molecule has 0 radical (unpaired) electrons. The molecule has 0 unspecified atom stereocenters. The average molecular weight is 236 g/mol. The lowest BCUT2D eigenvalue weighted by Gasteiger charge is -2.06. The molecule has 0 saturated heterocycles. The number of ether oxygens (including phenoxy) is 1. The molecular formula is C11H10ClN3O. The van der Waals surface area contributed by atoms with E-state index in [1.54, 1.807) is 30.6 Å². The van der Waals surface area contributed by atoms with Gasteiger partial charge in [0.25, 0.3) is 0 Å². The fourth-order valence-corrected chi connectivity index (χ4v) is 1.37. The highest BCUT2D eigenvalue weighted by atomic mass is 35.5. The van der Waals surface area contributed by atoms with E-state index in [1.165, 1.54) is 0 Å². The van der Waals surface area contributed by atoms with Crippen molar-refractivity contribution in [2.24, 2.45) is 0 Å². The van der Waals surface area contributed by atoms with Crippen LogP contribution in [0.2, 0.25) is 5.02 Å². The Bertz CT molecular complexity index is 499. The van der Waals surface area contributed by atoms with Crippen molar-refractivity contribution in [2.75, 3.05) is 5.73 Å². The van der Waals surface area contributed by atoms with Gasteiger partial charge in [-0.25, -0.2) is 4.98 Å². The number of hydrogen-bond donors (Lipinski definition) is 1. The smallest absolute Gasteiger partial charge is 0.237 e. The number of aromatic nitrogens is 2. The number of aryl methyl sites for hydroxylation is 1. The van der Waals surface area contributed by atoms with Crippen molar-refractivity contribution >= 4 is 17.3 Å². The normalized spacial score (nSPS) is 10.1. The lowest BCUT2D eigenvalue weighted by molar-refractivity contribution is 0.460. The number of rotatable bonds is 2. The second kappa shape index (κ2) is 4.37. The summed E-state index contributed by atoms with van der Waals surface area (Å²) in [6.45, 7) is 1.85. The van der Waals surface area contributed by atoms with E-state index in [0.717, 1.165) is 5.69 Å². The predicted octanol–water partition coefficient (Wildman–Crippen LogP) is 2.81. The average Bonchev–Trinajstić information content (AvgIpc) is 2.25. The predicted molar refractivity (Wildman–Crippen MR) is 62.7 cm³/mol. The maximum atomic E-state index is 5.96. The molecule has 16 heavy (non-hydrogen) atoms. The molecule has 0 bridgehead atoms. The number of hydrogen-bond acceptors (Lipinski definition) is 4. The van der Waals surface area contributed by atoms with Gasteiger partial charge in [-0.05, 0) is 25.1 Å². The summed E-state index contributed by atoms with van der Waals surface area (Å²) >= 11 is 5.96. The molecule has 1 aromatic carbocycles. The minimum absolute atomic E-state index is 0.400. The Morgan fingerprint density at radius 2 is 2.06 bits per heavy atom. The first kappa shape index (κ1) is 10.7. The zero-order chi connectivity index (χ0) is 11.5. The molecule has 2 N–H and O–H groups in total. The SMILES string of the molecule is Cc1cnc(Oc2ccc(N)cc2Cl)cn1. The topological polar surface area (TPSA) is 61.0 Å². The van der Waals surface area contributed by atoms with E-state index in [4.69, 9.17) is 22.1 Å². The molecule has 0 aliphatic carbocycles. The Kier molecular flexibility index (Phi) is 2.92. The van der Waals surface area contributed by atoms with Crippen LogP contribution in [0.25, 0.3) is 0 Å². The molecule has 1 heterocycles. The molecule has 82 valence electrons.